The van der Waals surface area contributed by atoms with Crippen LogP contribution in [-0.4, -0.2) is 49.7 Å². The van der Waals surface area contributed by atoms with Crippen molar-refractivity contribution < 1.29 is 9.53 Å². The highest BCUT2D eigenvalue weighted by Crippen LogP contribution is 2.20. The van der Waals surface area contributed by atoms with Crippen LogP contribution in [0.15, 0.2) is 0 Å². The molecule has 1 unspecified atom stereocenters. The number of carbonyl (C=O) groups is 1. The Labute approximate surface area is 105 Å². The van der Waals surface area contributed by atoms with E-state index in [9.17, 15) is 4.79 Å². The highest BCUT2D eigenvalue weighted by atomic mass is 16.5. The standard InChI is InChI=1S/C13H26N2O2/c1-4-9-15(3)10-8-12(13(16)17-5-2)14-11-6-7-11/h11-12,14H,4-10H2,1-3H3. The summed E-state index contributed by atoms with van der Waals surface area (Å²) >= 11 is 0. The van der Waals surface area contributed by atoms with Crippen LogP contribution < -0.4 is 5.32 Å². The number of esters is 1. The predicted molar refractivity (Wildman–Crippen MR) is 69.0 cm³/mol. The first-order valence-corrected chi connectivity index (χ1v) is 6.78. The molecular weight excluding hydrogens is 216 g/mol. The molecule has 0 heterocycles. The molecule has 17 heavy (non-hydrogen) atoms. The quantitative estimate of drug-likeness (QED) is 0.621. The second kappa shape index (κ2) is 7.67. The van der Waals surface area contributed by atoms with E-state index in [0.29, 0.717) is 12.6 Å². The minimum Gasteiger partial charge on any atom is -0.465 e. The van der Waals surface area contributed by atoms with E-state index >= 15 is 0 Å². The molecule has 0 amide bonds. The van der Waals surface area contributed by atoms with Crippen LogP contribution in [0.25, 0.3) is 0 Å². The number of carbonyl (C=O) groups excluding carboxylic acids is 1. The molecular formula is C13H26N2O2. The van der Waals surface area contributed by atoms with Crippen molar-refractivity contribution in [3.8, 4) is 0 Å². The van der Waals surface area contributed by atoms with Gasteiger partial charge in [0.25, 0.3) is 0 Å². The van der Waals surface area contributed by atoms with E-state index in [1.807, 2.05) is 6.92 Å². The molecule has 4 heteroatoms. The maximum atomic E-state index is 11.8. The van der Waals surface area contributed by atoms with Gasteiger partial charge < -0.3 is 15.0 Å². The van der Waals surface area contributed by atoms with Gasteiger partial charge in [0.2, 0.25) is 0 Å². The molecule has 0 aliphatic heterocycles. The molecule has 0 aromatic carbocycles. The summed E-state index contributed by atoms with van der Waals surface area (Å²) in [6.07, 6.45) is 4.38. The molecule has 0 bridgehead atoms. The summed E-state index contributed by atoms with van der Waals surface area (Å²) in [7, 11) is 2.10. The summed E-state index contributed by atoms with van der Waals surface area (Å²) in [5, 5.41) is 3.37. The lowest BCUT2D eigenvalue weighted by molar-refractivity contribution is -0.146. The average molecular weight is 242 g/mol. The van der Waals surface area contributed by atoms with Gasteiger partial charge in [-0.3, -0.25) is 4.79 Å². The lowest BCUT2D eigenvalue weighted by Gasteiger charge is -2.21. The minimum atomic E-state index is -0.123. The van der Waals surface area contributed by atoms with Gasteiger partial charge in [0.1, 0.15) is 6.04 Å². The Kier molecular flexibility index (Phi) is 6.52. The average Bonchev–Trinajstić information content (AvgIpc) is 3.08. The summed E-state index contributed by atoms with van der Waals surface area (Å²) in [5.41, 5.74) is 0. The van der Waals surface area contributed by atoms with E-state index in [0.717, 1.165) is 25.9 Å². The van der Waals surface area contributed by atoms with Gasteiger partial charge in [-0.1, -0.05) is 6.92 Å². The number of rotatable bonds is 9. The van der Waals surface area contributed by atoms with E-state index in [1.54, 1.807) is 0 Å². The van der Waals surface area contributed by atoms with Crippen LogP contribution in [0.2, 0.25) is 0 Å². The number of nitrogens with one attached hydrogen (secondary N) is 1. The summed E-state index contributed by atoms with van der Waals surface area (Å²) in [6, 6.07) is 0.419. The molecule has 0 radical (unpaired) electrons. The summed E-state index contributed by atoms with van der Waals surface area (Å²) < 4.78 is 5.10. The van der Waals surface area contributed by atoms with E-state index < -0.39 is 0 Å². The maximum Gasteiger partial charge on any atom is 0.323 e. The van der Waals surface area contributed by atoms with E-state index in [-0.39, 0.29) is 12.0 Å². The zero-order chi connectivity index (χ0) is 12.7. The largest absolute Gasteiger partial charge is 0.465 e. The molecule has 1 N–H and O–H groups in total. The van der Waals surface area contributed by atoms with Crippen molar-refractivity contribution in [3.63, 3.8) is 0 Å². The monoisotopic (exact) mass is 242 g/mol. The van der Waals surface area contributed by atoms with Crippen LogP contribution in [-0.2, 0) is 9.53 Å². The van der Waals surface area contributed by atoms with Crippen LogP contribution in [0.1, 0.15) is 39.5 Å². The molecule has 1 fully saturated rings. The van der Waals surface area contributed by atoms with Gasteiger partial charge in [-0.15, -0.1) is 0 Å². The van der Waals surface area contributed by atoms with Gasteiger partial charge in [0.15, 0.2) is 0 Å². The Morgan fingerprint density at radius 1 is 1.41 bits per heavy atom. The zero-order valence-corrected chi connectivity index (χ0v) is 11.4. The molecule has 1 atom stereocenters. The maximum absolute atomic E-state index is 11.8. The van der Waals surface area contributed by atoms with Crippen molar-refractivity contribution in [3.05, 3.63) is 0 Å². The van der Waals surface area contributed by atoms with Gasteiger partial charge in [0, 0.05) is 6.04 Å². The van der Waals surface area contributed by atoms with Gasteiger partial charge in [0.05, 0.1) is 6.61 Å². The predicted octanol–water partition coefficient (Wildman–Crippen LogP) is 1.40. The lowest BCUT2D eigenvalue weighted by atomic mass is 10.2. The third-order valence-corrected chi connectivity index (χ3v) is 2.99. The lowest BCUT2D eigenvalue weighted by Crippen LogP contribution is -2.41. The van der Waals surface area contributed by atoms with Gasteiger partial charge >= 0.3 is 5.97 Å². The van der Waals surface area contributed by atoms with Crippen LogP contribution in [0.4, 0.5) is 0 Å². The van der Waals surface area contributed by atoms with Crippen molar-refractivity contribution >= 4 is 5.97 Å². The highest BCUT2D eigenvalue weighted by Gasteiger charge is 2.29. The molecule has 4 nitrogen and oxygen atoms in total. The third kappa shape index (κ3) is 6.03. The minimum absolute atomic E-state index is 0.0932. The number of nitrogens with zero attached hydrogens (tertiary/aromatic N) is 1. The molecule has 0 aromatic heterocycles. The Balaban J connectivity index is 2.31. The fraction of sp³-hybridized carbons (Fsp3) is 0.923. The second-order valence-electron chi connectivity index (χ2n) is 4.84. The fourth-order valence-corrected chi connectivity index (χ4v) is 1.89. The Morgan fingerprint density at radius 2 is 2.12 bits per heavy atom. The molecule has 1 aliphatic carbocycles. The highest BCUT2D eigenvalue weighted by molar-refractivity contribution is 5.75. The van der Waals surface area contributed by atoms with Crippen molar-refractivity contribution in [2.75, 3.05) is 26.7 Å². The molecule has 1 aliphatic rings. The molecule has 0 aromatic rings. The SMILES string of the molecule is CCCN(C)CCC(NC1CC1)C(=O)OCC. The normalized spacial score (nSPS) is 17.2. The smallest absolute Gasteiger partial charge is 0.323 e. The molecule has 1 saturated carbocycles. The molecule has 100 valence electrons. The van der Waals surface area contributed by atoms with Gasteiger partial charge in [-0.05, 0) is 52.7 Å². The summed E-state index contributed by atoms with van der Waals surface area (Å²) in [5.74, 6) is -0.0932. The van der Waals surface area contributed by atoms with Crippen LogP contribution in [0.5, 0.6) is 0 Å². The fourth-order valence-electron chi connectivity index (χ4n) is 1.89. The topological polar surface area (TPSA) is 41.6 Å². The number of ether oxygens (including phenoxy) is 1. The molecule has 0 saturated heterocycles. The second-order valence-corrected chi connectivity index (χ2v) is 4.84. The van der Waals surface area contributed by atoms with Crippen molar-refractivity contribution in [2.24, 2.45) is 0 Å². The van der Waals surface area contributed by atoms with Gasteiger partial charge in [-0.2, -0.15) is 0 Å². The van der Waals surface area contributed by atoms with E-state index in [2.05, 4.69) is 24.2 Å². The van der Waals surface area contributed by atoms with E-state index in [1.165, 1.54) is 12.8 Å². The van der Waals surface area contributed by atoms with Gasteiger partial charge in [-0.25, -0.2) is 0 Å². The van der Waals surface area contributed by atoms with Crippen molar-refractivity contribution in [1.82, 2.24) is 10.2 Å². The Hall–Kier alpha value is -0.610. The molecule has 1 rings (SSSR count). The summed E-state index contributed by atoms with van der Waals surface area (Å²) in [6.45, 7) is 6.51. The van der Waals surface area contributed by atoms with Crippen LogP contribution in [0.3, 0.4) is 0 Å². The third-order valence-electron chi connectivity index (χ3n) is 2.99. The Bertz CT molecular complexity index is 229. The summed E-state index contributed by atoms with van der Waals surface area (Å²) in [4.78, 5) is 14.0. The van der Waals surface area contributed by atoms with Crippen LogP contribution >= 0.6 is 0 Å². The first-order chi connectivity index (χ1) is 8.17. The van der Waals surface area contributed by atoms with Crippen molar-refractivity contribution in [1.29, 1.82) is 0 Å². The molecule has 0 spiro atoms. The zero-order valence-electron chi connectivity index (χ0n) is 11.4. The number of hydrogen-bond donors (Lipinski definition) is 1. The van der Waals surface area contributed by atoms with Crippen LogP contribution in [0, 0.1) is 0 Å². The van der Waals surface area contributed by atoms with E-state index in [4.69, 9.17) is 4.74 Å². The van der Waals surface area contributed by atoms with Crippen molar-refractivity contribution in [2.45, 2.75) is 51.6 Å². The first kappa shape index (κ1) is 14.5. The first-order valence-electron chi connectivity index (χ1n) is 6.78. The Morgan fingerprint density at radius 3 is 2.65 bits per heavy atom. The number of hydrogen-bond acceptors (Lipinski definition) is 4.